The van der Waals surface area contributed by atoms with E-state index in [1.165, 1.54) is 6.07 Å². The maximum atomic E-state index is 12.3. The van der Waals surface area contributed by atoms with E-state index < -0.39 is 27.6 Å². The van der Waals surface area contributed by atoms with E-state index in [1.54, 1.807) is 36.4 Å². The Kier molecular flexibility index (Phi) is 4.75. The highest BCUT2D eigenvalue weighted by Crippen LogP contribution is 2.47. The third kappa shape index (κ3) is 3.90. The number of sulfonamides is 1. The Morgan fingerprint density at radius 1 is 1.12 bits per heavy atom. The number of nitriles is 2. The molecule has 0 radical (unpaired) electrons. The summed E-state index contributed by atoms with van der Waals surface area (Å²) in [4.78, 5) is 12.3. The average molecular weight is 365 g/mol. The molecule has 0 bridgehead atoms. The van der Waals surface area contributed by atoms with E-state index in [0.717, 1.165) is 5.56 Å². The van der Waals surface area contributed by atoms with Crippen molar-refractivity contribution in [3.05, 3.63) is 70.8 Å². The van der Waals surface area contributed by atoms with Crippen LogP contribution in [-0.2, 0) is 20.6 Å². The van der Waals surface area contributed by atoms with E-state index in [9.17, 15) is 13.2 Å². The third-order valence-electron chi connectivity index (χ3n) is 4.31. The molecule has 1 amide bonds. The van der Waals surface area contributed by atoms with Gasteiger partial charge in [-0.3, -0.25) is 9.52 Å². The molecule has 26 heavy (non-hydrogen) atoms. The molecule has 2 aromatic carbocycles. The van der Waals surface area contributed by atoms with Crippen LogP contribution in [-0.4, -0.2) is 14.3 Å². The van der Waals surface area contributed by atoms with Crippen LogP contribution in [0.5, 0.6) is 0 Å². The Labute approximate surface area is 151 Å². The van der Waals surface area contributed by atoms with Gasteiger partial charge in [-0.05, 0) is 41.7 Å². The Morgan fingerprint density at radius 2 is 1.88 bits per heavy atom. The van der Waals surface area contributed by atoms with Gasteiger partial charge in [0.25, 0.3) is 0 Å². The van der Waals surface area contributed by atoms with Crippen LogP contribution < -0.4 is 4.72 Å². The molecule has 130 valence electrons. The van der Waals surface area contributed by atoms with Gasteiger partial charge in [0, 0.05) is 5.92 Å². The molecular weight excluding hydrogens is 350 g/mol. The smallest absolute Gasteiger partial charge is 0.239 e. The summed E-state index contributed by atoms with van der Waals surface area (Å²) in [6.07, 6.45) is 0.547. The lowest BCUT2D eigenvalue weighted by Crippen LogP contribution is -2.33. The van der Waals surface area contributed by atoms with E-state index in [1.807, 2.05) is 18.2 Å². The van der Waals surface area contributed by atoms with Crippen LogP contribution in [0.25, 0.3) is 0 Å². The van der Waals surface area contributed by atoms with Crippen LogP contribution in [0.1, 0.15) is 34.6 Å². The van der Waals surface area contributed by atoms with Crippen molar-refractivity contribution in [3.63, 3.8) is 0 Å². The summed E-state index contributed by atoms with van der Waals surface area (Å²) >= 11 is 0. The van der Waals surface area contributed by atoms with Gasteiger partial charge in [0.05, 0.1) is 29.0 Å². The van der Waals surface area contributed by atoms with Crippen molar-refractivity contribution in [2.45, 2.75) is 18.1 Å². The first-order chi connectivity index (χ1) is 12.4. The Hall–Kier alpha value is -3.16. The van der Waals surface area contributed by atoms with Crippen molar-refractivity contribution < 1.29 is 13.2 Å². The average Bonchev–Trinajstić information content (AvgIpc) is 3.42. The van der Waals surface area contributed by atoms with Gasteiger partial charge in [0.15, 0.2) is 0 Å². The molecule has 1 aliphatic carbocycles. The zero-order valence-corrected chi connectivity index (χ0v) is 14.5. The molecule has 0 spiro atoms. The summed E-state index contributed by atoms with van der Waals surface area (Å²) in [5, 5.41) is 18.0. The van der Waals surface area contributed by atoms with Crippen molar-refractivity contribution in [1.29, 1.82) is 10.5 Å². The van der Waals surface area contributed by atoms with Gasteiger partial charge in [-0.15, -0.1) is 0 Å². The molecule has 1 saturated carbocycles. The lowest BCUT2D eigenvalue weighted by atomic mass is 10.1. The lowest BCUT2D eigenvalue weighted by molar-refractivity contribution is -0.120. The van der Waals surface area contributed by atoms with Crippen LogP contribution in [0.2, 0.25) is 0 Å². The second-order valence-electron chi connectivity index (χ2n) is 6.18. The summed E-state index contributed by atoms with van der Waals surface area (Å²) in [5.74, 6) is -1.48. The molecule has 0 aromatic heterocycles. The second kappa shape index (κ2) is 6.99. The molecule has 6 nitrogen and oxygen atoms in total. The van der Waals surface area contributed by atoms with Gasteiger partial charge in [-0.1, -0.05) is 30.3 Å². The van der Waals surface area contributed by atoms with Crippen LogP contribution in [0.15, 0.2) is 48.5 Å². The fourth-order valence-electron chi connectivity index (χ4n) is 2.92. The van der Waals surface area contributed by atoms with E-state index in [4.69, 9.17) is 10.5 Å². The predicted octanol–water partition coefficient (Wildman–Crippen LogP) is 2.18. The highest BCUT2D eigenvalue weighted by molar-refractivity contribution is 7.89. The molecule has 0 saturated heterocycles. The minimum absolute atomic E-state index is 0.0788. The van der Waals surface area contributed by atoms with Gasteiger partial charge >= 0.3 is 0 Å². The summed E-state index contributed by atoms with van der Waals surface area (Å²) < 4.78 is 26.6. The van der Waals surface area contributed by atoms with Crippen LogP contribution in [0.3, 0.4) is 0 Å². The highest BCUT2D eigenvalue weighted by Gasteiger charge is 2.45. The van der Waals surface area contributed by atoms with Crippen LogP contribution >= 0.6 is 0 Å². The van der Waals surface area contributed by atoms with Gasteiger partial charge in [0.1, 0.15) is 0 Å². The summed E-state index contributed by atoms with van der Waals surface area (Å²) in [7, 11) is -3.89. The van der Waals surface area contributed by atoms with Gasteiger partial charge < -0.3 is 0 Å². The van der Waals surface area contributed by atoms with Crippen molar-refractivity contribution in [1.82, 2.24) is 4.72 Å². The molecule has 0 heterocycles. The summed E-state index contributed by atoms with van der Waals surface area (Å²) in [5.41, 5.74) is 1.98. The monoisotopic (exact) mass is 365 g/mol. The fraction of sp³-hybridized carbons (Fsp3) is 0.211. The number of rotatable bonds is 5. The van der Waals surface area contributed by atoms with Crippen LogP contribution in [0, 0.1) is 28.6 Å². The molecule has 1 aliphatic rings. The molecule has 0 aliphatic heterocycles. The van der Waals surface area contributed by atoms with E-state index in [2.05, 4.69) is 4.72 Å². The first kappa shape index (κ1) is 17.7. The van der Waals surface area contributed by atoms with Gasteiger partial charge in [-0.2, -0.15) is 10.5 Å². The number of hydrogen-bond donors (Lipinski definition) is 1. The molecule has 3 rings (SSSR count). The Bertz CT molecular complexity index is 1050. The number of hydrogen-bond acceptors (Lipinski definition) is 5. The molecular formula is C19H15N3O3S. The van der Waals surface area contributed by atoms with Crippen molar-refractivity contribution in [3.8, 4) is 12.1 Å². The molecule has 2 aromatic rings. The fourth-order valence-corrected chi connectivity index (χ4v) is 4.11. The van der Waals surface area contributed by atoms with E-state index in [0.29, 0.717) is 17.5 Å². The number of carbonyl (C=O) groups is 1. The van der Waals surface area contributed by atoms with Crippen LogP contribution in [0.4, 0.5) is 0 Å². The van der Waals surface area contributed by atoms with E-state index in [-0.39, 0.29) is 11.5 Å². The number of nitrogens with zero attached hydrogens (tertiary/aromatic N) is 2. The highest BCUT2D eigenvalue weighted by atomic mass is 32.2. The summed E-state index contributed by atoms with van der Waals surface area (Å²) in [6, 6.07) is 17.3. The first-order valence-electron chi connectivity index (χ1n) is 7.96. The van der Waals surface area contributed by atoms with Gasteiger partial charge in [0.2, 0.25) is 15.9 Å². The minimum atomic E-state index is -3.89. The standard InChI is InChI=1S/C19H15N3O3S/c20-10-13-4-3-7-14(8-13)17-9-18(17)19(23)22-26(24,25)12-16-6-2-1-5-15(16)11-21/h1-8,17-18H,9,12H2,(H,22,23)/t17-,18+/m0/s1. The second-order valence-corrected chi connectivity index (χ2v) is 7.90. The number of amides is 1. The molecule has 1 N–H and O–H groups in total. The number of benzene rings is 2. The maximum Gasteiger partial charge on any atom is 0.239 e. The van der Waals surface area contributed by atoms with E-state index >= 15 is 0 Å². The minimum Gasteiger partial charge on any atom is -0.274 e. The predicted molar refractivity (Wildman–Crippen MR) is 93.9 cm³/mol. The normalized spacial score (nSPS) is 18.4. The van der Waals surface area contributed by atoms with Crippen molar-refractivity contribution >= 4 is 15.9 Å². The molecule has 7 heteroatoms. The SMILES string of the molecule is N#Cc1cccc([C@@H]2C[C@H]2C(=O)NS(=O)(=O)Cc2ccccc2C#N)c1. The Morgan fingerprint density at radius 3 is 2.62 bits per heavy atom. The van der Waals surface area contributed by atoms with Gasteiger partial charge in [-0.25, -0.2) is 8.42 Å². The molecule has 0 unspecified atom stereocenters. The molecule has 2 atom stereocenters. The topological polar surface area (TPSA) is 111 Å². The Balaban J connectivity index is 1.67. The van der Waals surface area contributed by atoms with Crippen molar-refractivity contribution in [2.24, 2.45) is 5.92 Å². The zero-order chi connectivity index (χ0) is 18.7. The van der Waals surface area contributed by atoms with Crippen molar-refractivity contribution in [2.75, 3.05) is 0 Å². The zero-order valence-electron chi connectivity index (χ0n) is 13.7. The molecule has 1 fully saturated rings. The lowest BCUT2D eigenvalue weighted by Gasteiger charge is -2.08. The maximum absolute atomic E-state index is 12.3. The number of carbonyl (C=O) groups excluding carboxylic acids is 1. The quantitative estimate of drug-likeness (QED) is 0.873. The first-order valence-corrected chi connectivity index (χ1v) is 9.61. The third-order valence-corrected chi connectivity index (χ3v) is 5.51. The summed E-state index contributed by atoms with van der Waals surface area (Å²) in [6.45, 7) is 0. The number of nitrogens with one attached hydrogen (secondary N) is 1. The largest absolute Gasteiger partial charge is 0.274 e.